The van der Waals surface area contributed by atoms with Crippen LogP contribution < -0.4 is 5.73 Å². The van der Waals surface area contributed by atoms with Gasteiger partial charge in [0, 0.05) is 51.9 Å². The average Bonchev–Trinajstić information content (AvgIpc) is 2.49. The predicted octanol–water partition coefficient (Wildman–Crippen LogP) is 1.07. The molecule has 0 radical (unpaired) electrons. The Morgan fingerprint density at radius 1 is 1.25 bits per heavy atom. The zero-order valence-electron chi connectivity index (χ0n) is 13.1. The van der Waals surface area contributed by atoms with Crippen molar-refractivity contribution in [1.82, 2.24) is 9.80 Å². The summed E-state index contributed by atoms with van der Waals surface area (Å²) >= 11 is 0. The molecule has 0 aromatic heterocycles. The highest BCUT2D eigenvalue weighted by atomic mass is 16.5. The third-order valence-corrected chi connectivity index (χ3v) is 4.04. The molecule has 0 aromatic rings. The Kier molecular flexibility index (Phi) is 8.82. The summed E-state index contributed by atoms with van der Waals surface area (Å²) in [6.45, 7) is 10.0. The first kappa shape index (κ1) is 17.4. The van der Waals surface area contributed by atoms with Gasteiger partial charge >= 0.3 is 0 Å². The molecule has 0 spiro atoms. The molecule has 1 saturated heterocycles. The molecule has 1 atom stereocenters. The van der Waals surface area contributed by atoms with E-state index in [2.05, 4.69) is 11.8 Å². The molecular weight excluding hydrogens is 254 g/mol. The lowest BCUT2D eigenvalue weighted by Crippen LogP contribution is -2.52. The molecule has 0 bridgehead atoms. The van der Waals surface area contributed by atoms with Crippen LogP contribution in [0.25, 0.3) is 0 Å². The number of hydrogen-bond donors (Lipinski definition) is 1. The molecule has 5 nitrogen and oxygen atoms in total. The molecule has 1 rings (SSSR count). The summed E-state index contributed by atoms with van der Waals surface area (Å²) in [5.41, 5.74) is 5.66. The standard InChI is InChI=1S/C15H31N3O2/c1-3-14(7-8-16)17-9-11-18(12-10-17)15(19)6-5-13-20-4-2/h14H,3-13,16H2,1-2H3. The fourth-order valence-electron chi connectivity index (χ4n) is 2.80. The summed E-state index contributed by atoms with van der Waals surface area (Å²) in [6, 6.07) is 0.579. The average molecular weight is 285 g/mol. The van der Waals surface area contributed by atoms with Crippen molar-refractivity contribution in [3.63, 3.8) is 0 Å². The lowest BCUT2D eigenvalue weighted by molar-refractivity contribution is -0.133. The van der Waals surface area contributed by atoms with Crippen molar-refractivity contribution < 1.29 is 9.53 Å². The van der Waals surface area contributed by atoms with Crippen LogP contribution in [0.3, 0.4) is 0 Å². The Balaban J connectivity index is 2.25. The van der Waals surface area contributed by atoms with Gasteiger partial charge in [0.1, 0.15) is 0 Å². The quantitative estimate of drug-likeness (QED) is 0.644. The molecule has 1 amide bonds. The van der Waals surface area contributed by atoms with Crippen LogP contribution in [0.15, 0.2) is 0 Å². The predicted molar refractivity (Wildman–Crippen MR) is 81.6 cm³/mol. The highest BCUT2D eigenvalue weighted by Gasteiger charge is 2.24. The number of carbonyl (C=O) groups excluding carboxylic acids is 1. The number of piperazine rings is 1. The van der Waals surface area contributed by atoms with E-state index >= 15 is 0 Å². The van der Waals surface area contributed by atoms with Gasteiger partial charge in [0.25, 0.3) is 0 Å². The van der Waals surface area contributed by atoms with Crippen LogP contribution >= 0.6 is 0 Å². The molecule has 1 unspecified atom stereocenters. The number of nitrogens with zero attached hydrogens (tertiary/aromatic N) is 2. The first-order chi connectivity index (χ1) is 9.72. The molecule has 0 saturated carbocycles. The normalized spacial score (nSPS) is 18.2. The number of ether oxygens (including phenoxy) is 1. The van der Waals surface area contributed by atoms with Crippen molar-refractivity contribution in [2.45, 2.75) is 45.6 Å². The zero-order valence-corrected chi connectivity index (χ0v) is 13.1. The highest BCUT2D eigenvalue weighted by molar-refractivity contribution is 5.76. The summed E-state index contributed by atoms with van der Waals surface area (Å²) in [5, 5.41) is 0. The number of carbonyl (C=O) groups is 1. The highest BCUT2D eigenvalue weighted by Crippen LogP contribution is 2.13. The fourth-order valence-corrected chi connectivity index (χ4v) is 2.80. The van der Waals surface area contributed by atoms with Crippen LogP contribution in [-0.2, 0) is 9.53 Å². The van der Waals surface area contributed by atoms with E-state index in [1.807, 2.05) is 11.8 Å². The van der Waals surface area contributed by atoms with E-state index in [1.165, 1.54) is 0 Å². The molecule has 0 aliphatic carbocycles. The molecule has 1 heterocycles. The van der Waals surface area contributed by atoms with Crippen molar-refractivity contribution in [2.24, 2.45) is 5.73 Å². The van der Waals surface area contributed by atoms with E-state index in [-0.39, 0.29) is 5.91 Å². The molecule has 20 heavy (non-hydrogen) atoms. The Morgan fingerprint density at radius 2 is 1.95 bits per heavy atom. The second-order valence-electron chi connectivity index (χ2n) is 5.36. The molecule has 0 aromatic carbocycles. The monoisotopic (exact) mass is 285 g/mol. The molecule has 118 valence electrons. The lowest BCUT2D eigenvalue weighted by atomic mass is 10.1. The summed E-state index contributed by atoms with van der Waals surface area (Å²) in [7, 11) is 0. The molecule has 1 aliphatic heterocycles. The van der Waals surface area contributed by atoms with Gasteiger partial charge in [-0.3, -0.25) is 9.69 Å². The second-order valence-corrected chi connectivity index (χ2v) is 5.36. The Bertz CT molecular complexity index is 266. The summed E-state index contributed by atoms with van der Waals surface area (Å²) in [6.07, 6.45) is 3.63. The molecule has 1 aliphatic rings. The Labute approximate surface area is 123 Å². The summed E-state index contributed by atoms with van der Waals surface area (Å²) in [4.78, 5) is 16.5. The van der Waals surface area contributed by atoms with Gasteiger partial charge in [-0.15, -0.1) is 0 Å². The van der Waals surface area contributed by atoms with Crippen molar-refractivity contribution in [3.05, 3.63) is 0 Å². The van der Waals surface area contributed by atoms with Gasteiger partial charge in [0.05, 0.1) is 0 Å². The fraction of sp³-hybridized carbons (Fsp3) is 0.933. The minimum absolute atomic E-state index is 0.274. The van der Waals surface area contributed by atoms with Crippen molar-refractivity contribution >= 4 is 5.91 Å². The van der Waals surface area contributed by atoms with Crippen LogP contribution in [0.4, 0.5) is 0 Å². The van der Waals surface area contributed by atoms with Gasteiger partial charge in [-0.25, -0.2) is 0 Å². The minimum Gasteiger partial charge on any atom is -0.382 e. The van der Waals surface area contributed by atoms with E-state index in [0.717, 1.165) is 58.6 Å². The Morgan fingerprint density at radius 3 is 2.50 bits per heavy atom. The van der Waals surface area contributed by atoms with Crippen LogP contribution in [0.1, 0.15) is 39.5 Å². The Hall–Kier alpha value is -0.650. The van der Waals surface area contributed by atoms with Gasteiger partial charge in [0.2, 0.25) is 5.91 Å². The van der Waals surface area contributed by atoms with Crippen molar-refractivity contribution in [3.8, 4) is 0 Å². The number of nitrogens with two attached hydrogens (primary N) is 1. The topological polar surface area (TPSA) is 58.8 Å². The van der Waals surface area contributed by atoms with Gasteiger partial charge in [-0.2, -0.15) is 0 Å². The van der Waals surface area contributed by atoms with E-state index in [9.17, 15) is 4.79 Å². The molecule has 2 N–H and O–H groups in total. The van der Waals surface area contributed by atoms with Crippen LogP contribution in [0, 0.1) is 0 Å². The number of hydrogen-bond acceptors (Lipinski definition) is 4. The SMILES string of the molecule is CCOCCCC(=O)N1CCN(C(CC)CCN)CC1. The number of amides is 1. The van der Waals surface area contributed by atoms with E-state index in [1.54, 1.807) is 0 Å². The van der Waals surface area contributed by atoms with Gasteiger partial charge in [-0.1, -0.05) is 6.92 Å². The third-order valence-electron chi connectivity index (χ3n) is 4.04. The van der Waals surface area contributed by atoms with Crippen molar-refractivity contribution in [1.29, 1.82) is 0 Å². The largest absolute Gasteiger partial charge is 0.382 e. The third kappa shape index (κ3) is 5.77. The van der Waals surface area contributed by atoms with E-state index in [4.69, 9.17) is 10.5 Å². The summed E-state index contributed by atoms with van der Waals surface area (Å²) < 4.78 is 5.27. The molecular formula is C15H31N3O2. The van der Waals surface area contributed by atoms with Gasteiger partial charge in [0.15, 0.2) is 0 Å². The minimum atomic E-state index is 0.274. The second kappa shape index (κ2) is 10.1. The zero-order chi connectivity index (χ0) is 14.8. The van der Waals surface area contributed by atoms with Gasteiger partial charge in [-0.05, 0) is 32.7 Å². The van der Waals surface area contributed by atoms with Crippen LogP contribution in [0.2, 0.25) is 0 Å². The van der Waals surface area contributed by atoms with Gasteiger partial charge < -0.3 is 15.4 Å². The van der Waals surface area contributed by atoms with Crippen LogP contribution in [0.5, 0.6) is 0 Å². The first-order valence-corrected chi connectivity index (χ1v) is 8.02. The molecule has 5 heteroatoms. The molecule has 1 fully saturated rings. The first-order valence-electron chi connectivity index (χ1n) is 8.02. The van der Waals surface area contributed by atoms with Crippen LogP contribution in [-0.4, -0.2) is 67.7 Å². The number of rotatable bonds is 9. The maximum atomic E-state index is 12.1. The maximum absolute atomic E-state index is 12.1. The van der Waals surface area contributed by atoms with Crippen molar-refractivity contribution in [2.75, 3.05) is 45.9 Å². The van der Waals surface area contributed by atoms with E-state index in [0.29, 0.717) is 19.1 Å². The lowest BCUT2D eigenvalue weighted by Gasteiger charge is -2.39. The maximum Gasteiger partial charge on any atom is 0.222 e. The summed E-state index contributed by atoms with van der Waals surface area (Å²) in [5.74, 6) is 0.274. The van der Waals surface area contributed by atoms with E-state index < -0.39 is 0 Å². The smallest absolute Gasteiger partial charge is 0.222 e.